The van der Waals surface area contributed by atoms with Crippen LogP contribution in [0.1, 0.15) is 31.0 Å². The first kappa shape index (κ1) is 26.3. The van der Waals surface area contributed by atoms with Crippen LogP contribution in [-0.2, 0) is 16.9 Å². The van der Waals surface area contributed by atoms with Crippen molar-refractivity contribution in [1.29, 1.82) is 5.41 Å². The lowest BCUT2D eigenvalue weighted by atomic mass is 9.86. The van der Waals surface area contributed by atoms with Gasteiger partial charge in [-0.05, 0) is 43.7 Å². The molecule has 2 N–H and O–H groups in total. The predicted octanol–water partition coefficient (Wildman–Crippen LogP) is 4.51. The SMILES string of the molecule is CCOC(=N)c1ccc(-c2cc3ncn(C(C)C(O)(Cn4cncn4)c4ccc(F)cc4F)c(=O)c3s2)cc1. The number of halogens is 2. The Hall–Kier alpha value is -4.29. The summed E-state index contributed by atoms with van der Waals surface area (Å²) in [5.41, 5.74) is -0.674. The average molecular weight is 551 g/mol. The molecular formula is C27H24F2N6O3S. The Morgan fingerprint density at radius 1 is 1.18 bits per heavy atom. The highest BCUT2D eigenvalue weighted by atomic mass is 32.1. The number of aliphatic hydroxyl groups is 1. The van der Waals surface area contributed by atoms with Crippen molar-refractivity contribution in [3.05, 3.63) is 101 Å². The predicted molar refractivity (Wildman–Crippen MR) is 143 cm³/mol. The van der Waals surface area contributed by atoms with Crippen LogP contribution in [0.4, 0.5) is 8.78 Å². The Labute approximate surface area is 225 Å². The van der Waals surface area contributed by atoms with Gasteiger partial charge in [0, 0.05) is 22.1 Å². The number of rotatable bonds is 8. The minimum atomic E-state index is -2.01. The fourth-order valence-electron chi connectivity index (χ4n) is 4.43. The van der Waals surface area contributed by atoms with Crippen LogP contribution < -0.4 is 5.56 Å². The number of benzene rings is 2. The molecule has 2 unspecified atom stereocenters. The molecule has 2 aromatic carbocycles. The van der Waals surface area contributed by atoms with Gasteiger partial charge in [-0.15, -0.1) is 11.3 Å². The van der Waals surface area contributed by atoms with E-state index in [2.05, 4.69) is 15.1 Å². The van der Waals surface area contributed by atoms with Crippen molar-refractivity contribution < 1.29 is 18.6 Å². The van der Waals surface area contributed by atoms with Crippen LogP contribution in [0.2, 0.25) is 0 Å². The third-order valence-corrected chi connectivity index (χ3v) is 7.72. The highest BCUT2D eigenvalue weighted by molar-refractivity contribution is 7.22. The van der Waals surface area contributed by atoms with E-state index in [0.717, 1.165) is 22.6 Å². The summed E-state index contributed by atoms with van der Waals surface area (Å²) in [4.78, 5) is 22.7. The maximum Gasteiger partial charge on any atom is 0.271 e. The number of nitrogens with one attached hydrogen (secondary N) is 1. The molecule has 0 spiro atoms. The third kappa shape index (κ3) is 4.95. The van der Waals surface area contributed by atoms with Crippen molar-refractivity contribution in [3.63, 3.8) is 0 Å². The largest absolute Gasteiger partial charge is 0.478 e. The van der Waals surface area contributed by atoms with Gasteiger partial charge < -0.3 is 9.84 Å². The molecule has 9 nitrogen and oxygen atoms in total. The summed E-state index contributed by atoms with van der Waals surface area (Å²) in [5, 5.41) is 23.8. The van der Waals surface area contributed by atoms with Crippen molar-refractivity contribution in [2.75, 3.05) is 6.61 Å². The molecule has 3 aromatic heterocycles. The van der Waals surface area contributed by atoms with Crippen molar-refractivity contribution in [2.45, 2.75) is 32.0 Å². The van der Waals surface area contributed by atoms with Gasteiger partial charge in [0.05, 0.1) is 31.0 Å². The van der Waals surface area contributed by atoms with Crippen molar-refractivity contribution in [3.8, 4) is 10.4 Å². The zero-order valence-electron chi connectivity index (χ0n) is 21.0. The first-order chi connectivity index (χ1) is 18.7. The van der Waals surface area contributed by atoms with Gasteiger partial charge in [-0.2, -0.15) is 5.10 Å². The molecule has 39 heavy (non-hydrogen) atoms. The monoisotopic (exact) mass is 550 g/mol. The molecule has 200 valence electrons. The minimum Gasteiger partial charge on any atom is -0.478 e. The Kier molecular flexibility index (Phi) is 7.06. The van der Waals surface area contributed by atoms with Crippen molar-refractivity contribution in [2.24, 2.45) is 0 Å². The maximum atomic E-state index is 14.9. The standard InChI is InChI=1S/C27H24F2N6O3S/c1-3-38-25(30)18-6-4-17(5-7-18)23-11-22-24(39-23)26(36)35(15-32-22)16(2)27(37,12-34-14-31-13-33-34)20-9-8-19(28)10-21(20)29/h4-11,13-16,30,37H,3,12H2,1-2H3. The molecular weight excluding hydrogens is 526 g/mol. The van der Waals surface area contributed by atoms with E-state index in [0.29, 0.717) is 28.5 Å². The Morgan fingerprint density at radius 2 is 1.95 bits per heavy atom. The molecule has 0 bridgehead atoms. The average Bonchev–Trinajstić information content (AvgIpc) is 3.59. The molecule has 0 amide bonds. The van der Waals surface area contributed by atoms with Crippen LogP contribution in [-0.4, -0.2) is 41.9 Å². The molecule has 5 rings (SSSR count). The summed E-state index contributed by atoms with van der Waals surface area (Å²) in [7, 11) is 0. The summed E-state index contributed by atoms with van der Waals surface area (Å²) >= 11 is 1.24. The lowest BCUT2D eigenvalue weighted by Gasteiger charge is -2.35. The minimum absolute atomic E-state index is 0.0786. The smallest absolute Gasteiger partial charge is 0.271 e. The number of hydrogen-bond donors (Lipinski definition) is 2. The van der Waals surface area contributed by atoms with Gasteiger partial charge in [0.25, 0.3) is 5.56 Å². The van der Waals surface area contributed by atoms with Gasteiger partial charge in [0.1, 0.15) is 34.6 Å². The second-order valence-electron chi connectivity index (χ2n) is 8.94. The number of fused-ring (bicyclic) bond motifs is 1. The lowest BCUT2D eigenvalue weighted by Crippen LogP contribution is -2.43. The van der Waals surface area contributed by atoms with Gasteiger partial charge >= 0.3 is 0 Å². The van der Waals surface area contributed by atoms with E-state index in [1.807, 2.05) is 19.1 Å². The maximum absolute atomic E-state index is 14.9. The van der Waals surface area contributed by atoms with Gasteiger partial charge in [-0.25, -0.2) is 23.4 Å². The molecule has 0 saturated carbocycles. The van der Waals surface area contributed by atoms with Crippen LogP contribution in [0.3, 0.4) is 0 Å². The first-order valence-corrected chi connectivity index (χ1v) is 12.9. The second-order valence-corrected chi connectivity index (χ2v) is 9.99. The van der Waals surface area contributed by atoms with E-state index in [1.54, 1.807) is 25.1 Å². The van der Waals surface area contributed by atoms with E-state index in [-0.39, 0.29) is 18.0 Å². The quantitative estimate of drug-likeness (QED) is 0.217. The van der Waals surface area contributed by atoms with Gasteiger partial charge in [-0.1, -0.05) is 18.2 Å². The molecule has 0 aliphatic heterocycles. The number of ether oxygens (including phenoxy) is 1. The van der Waals surface area contributed by atoms with E-state index in [9.17, 15) is 18.7 Å². The molecule has 0 radical (unpaired) electrons. The van der Waals surface area contributed by atoms with E-state index in [4.69, 9.17) is 10.1 Å². The zero-order valence-corrected chi connectivity index (χ0v) is 21.8. The van der Waals surface area contributed by atoms with Gasteiger partial charge in [0.15, 0.2) is 0 Å². The molecule has 2 atom stereocenters. The van der Waals surface area contributed by atoms with Crippen LogP contribution in [0.25, 0.3) is 20.7 Å². The van der Waals surface area contributed by atoms with E-state index >= 15 is 0 Å². The number of thiophene rings is 1. The van der Waals surface area contributed by atoms with Crippen LogP contribution in [0, 0.1) is 17.0 Å². The van der Waals surface area contributed by atoms with Gasteiger partial charge in [0.2, 0.25) is 5.90 Å². The molecule has 0 aliphatic carbocycles. The van der Waals surface area contributed by atoms with E-state index in [1.165, 1.54) is 39.6 Å². The number of hydrogen-bond acceptors (Lipinski definition) is 8. The summed E-state index contributed by atoms with van der Waals surface area (Å²) < 4.78 is 36.8. The fraction of sp³-hybridized carbons (Fsp3) is 0.222. The Balaban J connectivity index is 1.55. The normalized spacial score (nSPS) is 13.8. The van der Waals surface area contributed by atoms with Crippen LogP contribution in [0.15, 0.2) is 72.3 Å². The summed E-state index contributed by atoms with van der Waals surface area (Å²) in [5.74, 6) is -1.66. The summed E-state index contributed by atoms with van der Waals surface area (Å²) in [6.45, 7) is 3.52. The zero-order chi connectivity index (χ0) is 27.7. The highest BCUT2D eigenvalue weighted by Gasteiger charge is 2.41. The second kappa shape index (κ2) is 10.5. The van der Waals surface area contributed by atoms with Crippen molar-refractivity contribution in [1.82, 2.24) is 24.3 Å². The summed E-state index contributed by atoms with van der Waals surface area (Å²) in [6.07, 6.45) is 3.94. The molecule has 0 aliphatic rings. The van der Waals surface area contributed by atoms with E-state index < -0.39 is 28.8 Å². The lowest BCUT2D eigenvalue weighted by molar-refractivity contribution is -0.0343. The third-order valence-electron chi connectivity index (χ3n) is 6.56. The topological polar surface area (TPSA) is 119 Å². The van der Waals surface area contributed by atoms with Crippen molar-refractivity contribution >= 4 is 27.5 Å². The number of nitrogens with zero attached hydrogens (tertiary/aromatic N) is 5. The molecule has 0 saturated heterocycles. The molecule has 12 heteroatoms. The highest BCUT2D eigenvalue weighted by Crippen LogP contribution is 2.37. The summed E-state index contributed by atoms with van der Waals surface area (Å²) in [6, 6.07) is 10.9. The molecule has 0 fully saturated rings. The Bertz CT molecular complexity index is 1700. The van der Waals surface area contributed by atoms with Crippen LogP contribution >= 0.6 is 11.3 Å². The van der Waals surface area contributed by atoms with Gasteiger partial charge in [-0.3, -0.25) is 14.8 Å². The van der Waals surface area contributed by atoms with Crippen LogP contribution in [0.5, 0.6) is 0 Å². The molecule has 5 aromatic rings. The fourth-order valence-corrected chi connectivity index (χ4v) is 5.48. The number of aromatic nitrogens is 5. The Morgan fingerprint density at radius 3 is 2.62 bits per heavy atom. The molecule has 3 heterocycles. The first-order valence-electron chi connectivity index (χ1n) is 12.0.